The van der Waals surface area contributed by atoms with Gasteiger partial charge in [-0.15, -0.1) is 0 Å². The summed E-state index contributed by atoms with van der Waals surface area (Å²) in [5, 5.41) is 12.2. The van der Waals surface area contributed by atoms with Gasteiger partial charge >= 0.3 is 0 Å². The van der Waals surface area contributed by atoms with Crippen molar-refractivity contribution in [3.05, 3.63) is 23.8 Å². The molecule has 1 aromatic rings. The highest BCUT2D eigenvalue weighted by molar-refractivity contribution is 5.96. The van der Waals surface area contributed by atoms with E-state index in [1.165, 1.54) is 12.1 Å². The first-order valence-corrected chi connectivity index (χ1v) is 6.47. The molecule has 1 atom stereocenters. The second kappa shape index (κ2) is 5.03. The maximum atomic E-state index is 12.4. The Labute approximate surface area is 117 Å². The lowest BCUT2D eigenvalue weighted by Gasteiger charge is -2.22. The summed E-state index contributed by atoms with van der Waals surface area (Å²) in [5.41, 5.74) is 5.57. The largest absolute Gasteiger partial charge is 0.506 e. The van der Waals surface area contributed by atoms with Crippen LogP contribution in [0.3, 0.4) is 0 Å². The summed E-state index contributed by atoms with van der Waals surface area (Å²) in [6.07, 6.45) is 0.624. The quantitative estimate of drug-likeness (QED) is 0.544. The second-order valence-corrected chi connectivity index (χ2v) is 5.39. The number of aromatic hydroxyl groups is 1. The van der Waals surface area contributed by atoms with Gasteiger partial charge in [0, 0.05) is 25.7 Å². The van der Waals surface area contributed by atoms with Crippen LogP contribution in [-0.4, -0.2) is 42.0 Å². The average molecular weight is 277 g/mol. The summed E-state index contributed by atoms with van der Waals surface area (Å²) in [4.78, 5) is 25.8. The van der Waals surface area contributed by atoms with Crippen LogP contribution in [0.1, 0.15) is 23.7 Å². The van der Waals surface area contributed by atoms with Crippen molar-refractivity contribution in [2.45, 2.75) is 13.3 Å². The van der Waals surface area contributed by atoms with Crippen LogP contribution in [0, 0.1) is 5.41 Å². The molecule has 1 saturated heterocycles. The van der Waals surface area contributed by atoms with Gasteiger partial charge in [0.1, 0.15) is 5.75 Å². The van der Waals surface area contributed by atoms with E-state index in [1.807, 2.05) is 6.92 Å². The van der Waals surface area contributed by atoms with E-state index in [4.69, 9.17) is 5.73 Å². The maximum Gasteiger partial charge on any atom is 0.254 e. The molecule has 1 aliphatic rings. The molecule has 0 aromatic heterocycles. The number of anilines is 1. The average Bonchev–Trinajstić information content (AvgIpc) is 2.84. The fourth-order valence-electron chi connectivity index (χ4n) is 2.48. The number of hydrogen-bond acceptors (Lipinski definition) is 4. The Bertz CT molecular complexity index is 559. The monoisotopic (exact) mass is 277 g/mol. The molecule has 1 fully saturated rings. The zero-order chi connectivity index (χ0) is 14.9. The van der Waals surface area contributed by atoms with Crippen LogP contribution in [-0.2, 0) is 4.79 Å². The normalized spacial score (nSPS) is 21.8. The number of rotatable bonds is 2. The number of benzene rings is 1. The Morgan fingerprint density at radius 3 is 2.75 bits per heavy atom. The maximum absolute atomic E-state index is 12.4. The summed E-state index contributed by atoms with van der Waals surface area (Å²) in [5.74, 6) is -0.370. The zero-order valence-electron chi connectivity index (χ0n) is 11.6. The highest BCUT2D eigenvalue weighted by Crippen LogP contribution is 2.31. The summed E-state index contributed by atoms with van der Waals surface area (Å²) < 4.78 is 0. The first-order valence-electron chi connectivity index (χ1n) is 6.47. The van der Waals surface area contributed by atoms with Crippen LogP contribution < -0.4 is 11.1 Å². The molecule has 2 rings (SSSR count). The van der Waals surface area contributed by atoms with E-state index in [-0.39, 0.29) is 23.3 Å². The number of nitrogens with two attached hydrogens (primary N) is 1. The molecule has 4 N–H and O–H groups in total. The zero-order valence-corrected chi connectivity index (χ0v) is 11.6. The van der Waals surface area contributed by atoms with E-state index < -0.39 is 5.41 Å². The third-order valence-corrected chi connectivity index (χ3v) is 3.81. The molecule has 2 amide bonds. The molecule has 108 valence electrons. The number of nitrogens with zero attached hydrogens (tertiary/aromatic N) is 1. The molecule has 6 nitrogen and oxygen atoms in total. The molecular formula is C14H19N3O3. The molecule has 0 spiro atoms. The van der Waals surface area contributed by atoms with Gasteiger partial charge in [0.2, 0.25) is 5.91 Å². The molecule has 1 heterocycles. The predicted molar refractivity (Wildman–Crippen MR) is 75.2 cm³/mol. The molecule has 1 aliphatic heterocycles. The van der Waals surface area contributed by atoms with Crippen molar-refractivity contribution >= 4 is 17.5 Å². The highest BCUT2D eigenvalue weighted by atomic mass is 16.3. The molecule has 0 bridgehead atoms. The molecule has 0 aliphatic carbocycles. The van der Waals surface area contributed by atoms with E-state index in [9.17, 15) is 14.7 Å². The van der Waals surface area contributed by atoms with Gasteiger partial charge in [0.15, 0.2) is 0 Å². The van der Waals surface area contributed by atoms with Gasteiger partial charge in [-0.05, 0) is 31.5 Å². The van der Waals surface area contributed by atoms with Gasteiger partial charge < -0.3 is 21.1 Å². The van der Waals surface area contributed by atoms with Crippen molar-refractivity contribution < 1.29 is 14.7 Å². The number of amides is 2. The SMILES string of the molecule is CNC(=O)C1(C)CCN(C(=O)c2ccc(N)c(O)c2)C1. The van der Waals surface area contributed by atoms with Crippen molar-refractivity contribution in [2.24, 2.45) is 5.41 Å². The van der Waals surface area contributed by atoms with E-state index >= 15 is 0 Å². The van der Waals surface area contributed by atoms with Crippen LogP contribution >= 0.6 is 0 Å². The predicted octanol–water partition coefficient (Wildman–Crippen LogP) is 0.573. The number of hydrogen-bond donors (Lipinski definition) is 3. The van der Waals surface area contributed by atoms with Crippen LogP contribution in [0.4, 0.5) is 5.69 Å². The molecule has 1 unspecified atom stereocenters. The van der Waals surface area contributed by atoms with Crippen molar-refractivity contribution in [2.75, 3.05) is 25.9 Å². The van der Waals surface area contributed by atoms with E-state index in [1.54, 1.807) is 18.0 Å². The van der Waals surface area contributed by atoms with E-state index in [2.05, 4.69) is 5.32 Å². The Hall–Kier alpha value is -2.24. The summed E-state index contributed by atoms with van der Waals surface area (Å²) >= 11 is 0. The van der Waals surface area contributed by atoms with Crippen molar-refractivity contribution in [1.29, 1.82) is 0 Å². The Kier molecular flexibility index (Phi) is 3.57. The molecule has 6 heteroatoms. The van der Waals surface area contributed by atoms with Crippen LogP contribution in [0.2, 0.25) is 0 Å². The minimum Gasteiger partial charge on any atom is -0.506 e. The van der Waals surface area contributed by atoms with Crippen molar-refractivity contribution in [3.63, 3.8) is 0 Å². The minimum atomic E-state index is -0.555. The molecule has 0 saturated carbocycles. The number of phenolic OH excluding ortho intramolecular Hbond substituents is 1. The molecule has 1 aromatic carbocycles. The molecular weight excluding hydrogens is 258 g/mol. The van der Waals surface area contributed by atoms with Crippen molar-refractivity contribution in [3.8, 4) is 5.75 Å². The Morgan fingerprint density at radius 1 is 1.45 bits per heavy atom. The second-order valence-electron chi connectivity index (χ2n) is 5.39. The standard InChI is InChI=1S/C14H19N3O3/c1-14(13(20)16-2)5-6-17(8-14)12(19)9-3-4-10(15)11(18)7-9/h3-4,7,18H,5-6,8,15H2,1-2H3,(H,16,20). The highest BCUT2D eigenvalue weighted by Gasteiger charge is 2.41. The number of likely N-dealkylation sites (tertiary alicyclic amines) is 1. The number of carbonyl (C=O) groups excluding carboxylic acids is 2. The molecule has 0 radical (unpaired) electrons. The fourth-order valence-corrected chi connectivity index (χ4v) is 2.48. The Balaban J connectivity index is 2.15. The number of carbonyl (C=O) groups is 2. The van der Waals surface area contributed by atoms with Gasteiger partial charge in [-0.25, -0.2) is 0 Å². The fraction of sp³-hybridized carbons (Fsp3) is 0.429. The lowest BCUT2D eigenvalue weighted by atomic mass is 9.89. The van der Waals surface area contributed by atoms with Gasteiger partial charge in [-0.3, -0.25) is 9.59 Å². The first-order chi connectivity index (χ1) is 9.37. The lowest BCUT2D eigenvalue weighted by molar-refractivity contribution is -0.128. The van der Waals surface area contributed by atoms with Crippen LogP contribution in [0.5, 0.6) is 5.75 Å². The van der Waals surface area contributed by atoms with Crippen LogP contribution in [0.15, 0.2) is 18.2 Å². The third-order valence-electron chi connectivity index (χ3n) is 3.81. The minimum absolute atomic E-state index is 0.0621. The van der Waals surface area contributed by atoms with E-state index in [0.29, 0.717) is 25.1 Å². The van der Waals surface area contributed by atoms with Gasteiger partial charge in [0.25, 0.3) is 5.91 Å². The number of phenols is 1. The van der Waals surface area contributed by atoms with Crippen molar-refractivity contribution in [1.82, 2.24) is 10.2 Å². The van der Waals surface area contributed by atoms with Gasteiger partial charge in [0.05, 0.1) is 11.1 Å². The van der Waals surface area contributed by atoms with E-state index in [0.717, 1.165) is 0 Å². The summed E-state index contributed by atoms with van der Waals surface area (Å²) in [7, 11) is 1.59. The lowest BCUT2D eigenvalue weighted by Crippen LogP contribution is -2.40. The Morgan fingerprint density at radius 2 is 2.15 bits per heavy atom. The number of nitrogens with one attached hydrogen (secondary N) is 1. The molecule has 20 heavy (non-hydrogen) atoms. The van der Waals surface area contributed by atoms with Gasteiger partial charge in [-0.1, -0.05) is 0 Å². The first kappa shape index (κ1) is 14.2. The number of nitrogen functional groups attached to an aromatic ring is 1. The smallest absolute Gasteiger partial charge is 0.254 e. The third kappa shape index (κ3) is 2.41. The summed E-state index contributed by atoms with van der Waals surface area (Å²) in [6, 6.07) is 4.43. The summed E-state index contributed by atoms with van der Waals surface area (Å²) in [6.45, 7) is 2.74. The topological polar surface area (TPSA) is 95.7 Å². The van der Waals surface area contributed by atoms with Crippen LogP contribution in [0.25, 0.3) is 0 Å². The van der Waals surface area contributed by atoms with Gasteiger partial charge in [-0.2, -0.15) is 0 Å².